The van der Waals surface area contributed by atoms with Crippen LogP contribution in [0.15, 0.2) is 24.3 Å². The van der Waals surface area contributed by atoms with Crippen LogP contribution in [0.4, 0.5) is 4.39 Å². The number of benzene rings is 1. The van der Waals surface area contributed by atoms with Crippen molar-refractivity contribution in [2.24, 2.45) is 11.8 Å². The second kappa shape index (κ2) is 8.10. The molecule has 1 saturated carbocycles. The van der Waals surface area contributed by atoms with E-state index >= 15 is 0 Å². The van der Waals surface area contributed by atoms with E-state index in [-0.39, 0.29) is 0 Å². The molecule has 0 spiro atoms. The molecule has 0 aliphatic heterocycles. The van der Waals surface area contributed by atoms with E-state index in [9.17, 15) is 23.9 Å². The van der Waals surface area contributed by atoms with Crippen LogP contribution in [0.5, 0.6) is 0 Å². The van der Waals surface area contributed by atoms with Crippen molar-refractivity contribution in [2.45, 2.75) is 77.6 Å². The molecular weight excluding hydrogens is 391 g/mol. The molecule has 1 aromatic rings. The third kappa shape index (κ3) is 5.65. The highest BCUT2D eigenvalue weighted by Gasteiger charge is 2.57. The molecule has 4 unspecified atom stereocenters. The van der Waals surface area contributed by atoms with Gasteiger partial charge in [-0.1, -0.05) is 12.1 Å². The van der Waals surface area contributed by atoms with Gasteiger partial charge in [-0.2, -0.15) is 0 Å². The zero-order valence-corrected chi connectivity index (χ0v) is 18.6. The SMILES string of the molecule is CC(C)(C)OC(=O)C1C(=O)CC(C)(O)C(C(=O)OC(C)(C)C)C1c1ccc(F)cc1. The van der Waals surface area contributed by atoms with E-state index in [0.29, 0.717) is 5.56 Å². The van der Waals surface area contributed by atoms with Gasteiger partial charge in [-0.05, 0) is 66.2 Å². The zero-order valence-electron chi connectivity index (χ0n) is 18.6. The van der Waals surface area contributed by atoms with Crippen molar-refractivity contribution in [3.05, 3.63) is 35.6 Å². The largest absolute Gasteiger partial charge is 0.460 e. The molecule has 2 rings (SSSR count). The van der Waals surface area contributed by atoms with E-state index < -0.39 is 64.5 Å². The standard InChI is InChI=1S/C23H31FO6/c1-21(2,3)29-19(26)17-15(25)12-23(7,28)18(20(27)30-22(4,5)6)16(17)13-8-10-14(24)11-9-13/h8-11,16-18,28H,12H2,1-7H3. The highest BCUT2D eigenvalue weighted by Crippen LogP contribution is 2.47. The van der Waals surface area contributed by atoms with Crippen LogP contribution in [0.2, 0.25) is 0 Å². The minimum atomic E-state index is -1.75. The highest BCUT2D eigenvalue weighted by molar-refractivity contribution is 6.03. The lowest BCUT2D eigenvalue weighted by Gasteiger charge is -2.44. The smallest absolute Gasteiger partial charge is 0.317 e. The molecule has 0 heterocycles. The van der Waals surface area contributed by atoms with Gasteiger partial charge in [0.1, 0.15) is 22.9 Å². The lowest BCUT2D eigenvalue weighted by Crippen LogP contribution is -2.56. The first-order valence-electron chi connectivity index (χ1n) is 9.98. The number of halogens is 1. The van der Waals surface area contributed by atoms with Crippen molar-refractivity contribution in [3.63, 3.8) is 0 Å². The Labute approximate surface area is 176 Å². The maximum absolute atomic E-state index is 13.5. The van der Waals surface area contributed by atoms with Gasteiger partial charge in [-0.3, -0.25) is 14.4 Å². The Hall–Kier alpha value is -2.28. The third-order valence-electron chi connectivity index (χ3n) is 4.84. The quantitative estimate of drug-likeness (QED) is 0.592. The predicted octanol–water partition coefficient (Wildman–Crippen LogP) is 3.55. The van der Waals surface area contributed by atoms with E-state index in [0.717, 1.165) is 0 Å². The summed E-state index contributed by atoms with van der Waals surface area (Å²) in [6.07, 6.45) is -0.404. The second-order valence-corrected chi connectivity index (χ2v) is 10.1. The van der Waals surface area contributed by atoms with Gasteiger partial charge in [0, 0.05) is 12.3 Å². The summed E-state index contributed by atoms with van der Waals surface area (Å²) < 4.78 is 24.5. The van der Waals surface area contributed by atoms with E-state index in [1.54, 1.807) is 41.5 Å². The van der Waals surface area contributed by atoms with Crippen molar-refractivity contribution >= 4 is 17.7 Å². The number of rotatable bonds is 3. The number of aliphatic hydroxyl groups is 1. The van der Waals surface area contributed by atoms with Crippen molar-refractivity contribution in [2.75, 3.05) is 0 Å². The molecule has 7 heteroatoms. The summed E-state index contributed by atoms with van der Waals surface area (Å²) in [6.45, 7) is 11.5. The molecule has 4 atom stereocenters. The molecule has 1 aliphatic carbocycles. The molecule has 0 saturated heterocycles. The number of Topliss-reactive ketones (excluding diaryl/α,β-unsaturated/α-hetero) is 1. The number of hydrogen-bond acceptors (Lipinski definition) is 6. The highest BCUT2D eigenvalue weighted by atomic mass is 19.1. The van der Waals surface area contributed by atoms with Gasteiger partial charge in [0.15, 0.2) is 5.78 Å². The summed E-state index contributed by atoms with van der Waals surface area (Å²) in [5, 5.41) is 11.0. The first-order valence-corrected chi connectivity index (χ1v) is 9.98. The van der Waals surface area contributed by atoms with Crippen LogP contribution in [0, 0.1) is 17.7 Å². The van der Waals surface area contributed by atoms with Gasteiger partial charge in [-0.15, -0.1) is 0 Å². The fourth-order valence-corrected chi connectivity index (χ4v) is 3.83. The van der Waals surface area contributed by atoms with Gasteiger partial charge in [0.2, 0.25) is 0 Å². The Morgan fingerprint density at radius 1 is 1.00 bits per heavy atom. The summed E-state index contributed by atoms with van der Waals surface area (Å²) in [4.78, 5) is 39.1. The Balaban J connectivity index is 2.62. The van der Waals surface area contributed by atoms with Gasteiger partial charge >= 0.3 is 11.9 Å². The number of ketones is 1. The average Bonchev–Trinajstić information content (AvgIpc) is 2.50. The monoisotopic (exact) mass is 422 g/mol. The van der Waals surface area contributed by atoms with E-state index in [1.165, 1.54) is 31.2 Å². The average molecular weight is 422 g/mol. The topological polar surface area (TPSA) is 89.9 Å². The van der Waals surface area contributed by atoms with Crippen LogP contribution in [0.1, 0.15) is 66.4 Å². The van der Waals surface area contributed by atoms with E-state index in [4.69, 9.17) is 9.47 Å². The van der Waals surface area contributed by atoms with Crippen molar-refractivity contribution in [1.82, 2.24) is 0 Å². The normalized spacial score (nSPS) is 27.5. The number of esters is 2. The minimum absolute atomic E-state index is 0.372. The number of carbonyl (C=O) groups is 3. The number of ether oxygens (including phenoxy) is 2. The molecule has 1 fully saturated rings. The van der Waals surface area contributed by atoms with Crippen LogP contribution in [0.3, 0.4) is 0 Å². The molecule has 1 N–H and O–H groups in total. The summed E-state index contributed by atoms with van der Waals surface area (Å²) in [5.74, 6) is -6.18. The van der Waals surface area contributed by atoms with E-state index in [2.05, 4.69) is 0 Å². The summed E-state index contributed by atoms with van der Waals surface area (Å²) in [7, 11) is 0. The fourth-order valence-electron chi connectivity index (χ4n) is 3.83. The zero-order chi connectivity index (χ0) is 23.1. The first-order chi connectivity index (χ1) is 13.5. The molecule has 1 aromatic carbocycles. The molecule has 0 aromatic heterocycles. The fraction of sp³-hybridized carbons (Fsp3) is 0.609. The predicted molar refractivity (Wildman–Crippen MR) is 108 cm³/mol. The minimum Gasteiger partial charge on any atom is -0.460 e. The maximum Gasteiger partial charge on any atom is 0.317 e. The molecule has 0 amide bonds. The van der Waals surface area contributed by atoms with Crippen LogP contribution in [-0.4, -0.2) is 39.6 Å². The Bertz CT molecular complexity index is 814. The molecular formula is C23H31FO6. The Morgan fingerprint density at radius 2 is 1.47 bits per heavy atom. The number of carbonyl (C=O) groups excluding carboxylic acids is 3. The van der Waals surface area contributed by atoms with Gasteiger partial charge in [0.05, 0.1) is 11.5 Å². The molecule has 0 bridgehead atoms. The van der Waals surface area contributed by atoms with Crippen LogP contribution in [-0.2, 0) is 23.9 Å². The van der Waals surface area contributed by atoms with Crippen LogP contribution in [0.25, 0.3) is 0 Å². The molecule has 1 aliphatic rings. The van der Waals surface area contributed by atoms with Crippen molar-refractivity contribution < 1.29 is 33.4 Å². The first kappa shape index (κ1) is 24.0. The van der Waals surface area contributed by atoms with Crippen LogP contribution >= 0.6 is 0 Å². The van der Waals surface area contributed by atoms with Gasteiger partial charge in [-0.25, -0.2) is 4.39 Å². The molecule has 6 nitrogen and oxygen atoms in total. The van der Waals surface area contributed by atoms with Gasteiger partial charge in [0.25, 0.3) is 0 Å². The lowest BCUT2D eigenvalue weighted by atomic mass is 9.61. The Morgan fingerprint density at radius 3 is 1.93 bits per heavy atom. The maximum atomic E-state index is 13.5. The summed E-state index contributed by atoms with van der Waals surface area (Å²) in [5.41, 5.74) is -3.08. The Kier molecular flexibility index (Phi) is 6.48. The summed E-state index contributed by atoms with van der Waals surface area (Å²) in [6, 6.07) is 5.18. The molecule has 0 radical (unpaired) electrons. The third-order valence-corrected chi connectivity index (χ3v) is 4.84. The van der Waals surface area contributed by atoms with Gasteiger partial charge < -0.3 is 14.6 Å². The van der Waals surface area contributed by atoms with Crippen molar-refractivity contribution in [3.8, 4) is 0 Å². The molecule has 166 valence electrons. The second-order valence-electron chi connectivity index (χ2n) is 10.1. The lowest BCUT2D eigenvalue weighted by molar-refractivity contribution is -0.182. The van der Waals surface area contributed by atoms with E-state index in [1.807, 2.05) is 0 Å². The molecule has 30 heavy (non-hydrogen) atoms. The van der Waals surface area contributed by atoms with Crippen molar-refractivity contribution in [1.29, 1.82) is 0 Å². The number of hydrogen-bond donors (Lipinski definition) is 1. The van der Waals surface area contributed by atoms with Crippen LogP contribution < -0.4 is 0 Å². The summed E-state index contributed by atoms with van der Waals surface area (Å²) >= 11 is 0.